The third-order valence-corrected chi connectivity index (χ3v) is 3.92. The number of rotatable bonds is 8. The number of carboxylic acid groups (broad SMARTS) is 1. The third kappa shape index (κ3) is 5.16. The summed E-state index contributed by atoms with van der Waals surface area (Å²) in [4.78, 5) is 23.4. The van der Waals surface area contributed by atoms with Gasteiger partial charge in [0.2, 0.25) is 5.91 Å². The average molecular weight is 323 g/mol. The van der Waals surface area contributed by atoms with Crippen LogP contribution in [0.3, 0.4) is 0 Å². The number of methoxy groups -OCH3 is 2. The van der Waals surface area contributed by atoms with Crippen LogP contribution in [0.2, 0.25) is 0 Å². The molecular weight excluding hydrogens is 298 g/mol. The zero-order valence-corrected chi connectivity index (χ0v) is 14.3. The summed E-state index contributed by atoms with van der Waals surface area (Å²) in [5.74, 6) is -0.139. The molecule has 1 aromatic rings. The Morgan fingerprint density at radius 3 is 2.22 bits per heavy atom. The van der Waals surface area contributed by atoms with Crippen molar-refractivity contribution in [3.63, 3.8) is 0 Å². The minimum absolute atomic E-state index is 0.166. The Morgan fingerprint density at radius 2 is 1.74 bits per heavy atom. The second-order valence-electron chi connectivity index (χ2n) is 5.81. The number of benzene rings is 1. The first kappa shape index (κ1) is 18.8. The standard InChI is InChI=1S/C17H25NO5/c1-10(2)11(3)17(21)18-13(9-16(19)20)12-6-7-14(22-4)15(8-12)23-5/h6-8,10-11,13H,9H2,1-5H3,(H,18,21)(H,19,20). The van der Waals surface area contributed by atoms with E-state index in [1.807, 2.05) is 20.8 Å². The molecule has 0 fully saturated rings. The fraction of sp³-hybridized carbons (Fsp3) is 0.529. The molecule has 6 heteroatoms. The van der Waals surface area contributed by atoms with Crippen molar-refractivity contribution in [3.05, 3.63) is 23.8 Å². The van der Waals surface area contributed by atoms with Gasteiger partial charge in [0.25, 0.3) is 0 Å². The Kier molecular flexibility index (Phi) is 6.88. The number of aliphatic carboxylic acids is 1. The molecule has 0 saturated heterocycles. The summed E-state index contributed by atoms with van der Waals surface area (Å²) in [6, 6.07) is 4.49. The van der Waals surface area contributed by atoms with Gasteiger partial charge in [0, 0.05) is 5.92 Å². The fourth-order valence-electron chi connectivity index (χ4n) is 2.10. The molecule has 0 saturated carbocycles. The van der Waals surface area contributed by atoms with Gasteiger partial charge in [0.15, 0.2) is 11.5 Å². The molecule has 128 valence electrons. The van der Waals surface area contributed by atoms with E-state index in [9.17, 15) is 9.59 Å². The van der Waals surface area contributed by atoms with Gasteiger partial charge in [0.05, 0.1) is 26.7 Å². The molecule has 0 bridgehead atoms. The van der Waals surface area contributed by atoms with E-state index >= 15 is 0 Å². The van der Waals surface area contributed by atoms with Crippen molar-refractivity contribution in [2.75, 3.05) is 14.2 Å². The van der Waals surface area contributed by atoms with Crippen LogP contribution in [0.4, 0.5) is 0 Å². The summed E-state index contributed by atoms with van der Waals surface area (Å²) >= 11 is 0. The summed E-state index contributed by atoms with van der Waals surface area (Å²) in [6.45, 7) is 5.73. The van der Waals surface area contributed by atoms with E-state index in [2.05, 4.69) is 5.32 Å². The molecule has 23 heavy (non-hydrogen) atoms. The number of carbonyl (C=O) groups is 2. The second kappa shape index (κ2) is 8.41. The van der Waals surface area contributed by atoms with Crippen molar-refractivity contribution >= 4 is 11.9 Å². The lowest BCUT2D eigenvalue weighted by atomic mass is 9.95. The maximum Gasteiger partial charge on any atom is 0.305 e. The van der Waals surface area contributed by atoms with Crippen molar-refractivity contribution in [2.45, 2.75) is 33.2 Å². The Hall–Kier alpha value is -2.24. The van der Waals surface area contributed by atoms with E-state index in [0.717, 1.165) is 0 Å². The highest BCUT2D eigenvalue weighted by Gasteiger charge is 2.23. The predicted octanol–water partition coefficient (Wildman–Crippen LogP) is 2.63. The largest absolute Gasteiger partial charge is 0.493 e. The topological polar surface area (TPSA) is 84.9 Å². The van der Waals surface area contributed by atoms with Crippen LogP contribution in [0.1, 0.15) is 38.8 Å². The SMILES string of the molecule is COc1ccc(C(CC(=O)O)NC(=O)C(C)C(C)C)cc1OC. The summed E-state index contributed by atoms with van der Waals surface area (Å²) in [5.41, 5.74) is 0.661. The first-order valence-electron chi connectivity index (χ1n) is 7.54. The van der Waals surface area contributed by atoms with Crippen molar-refractivity contribution in [1.29, 1.82) is 0 Å². The number of nitrogens with one attached hydrogen (secondary N) is 1. The second-order valence-corrected chi connectivity index (χ2v) is 5.81. The third-order valence-electron chi connectivity index (χ3n) is 3.92. The van der Waals surface area contributed by atoms with E-state index in [1.165, 1.54) is 14.2 Å². The van der Waals surface area contributed by atoms with E-state index in [1.54, 1.807) is 18.2 Å². The monoisotopic (exact) mass is 323 g/mol. The molecule has 0 radical (unpaired) electrons. The van der Waals surface area contributed by atoms with Gasteiger partial charge >= 0.3 is 5.97 Å². The van der Waals surface area contributed by atoms with E-state index < -0.39 is 12.0 Å². The van der Waals surface area contributed by atoms with Crippen LogP contribution >= 0.6 is 0 Å². The van der Waals surface area contributed by atoms with Crippen molar-refractivity contribution in [1.82, 2.24) is 5.32 Å². The molecule has 2 N–H and O–H groups in total. The van der Waals surface area contributed by atoms with Crippen LogP contribution in [-0.4, -0.2) is 31.2 Å². The van der Waals surface area contributed by atoms with Gasteiger partial charge in [-0.1, -0.05) is 26.8 Å². The van der Waals surface area contributed by atoms with Crippen LogP contribution in [0.15, 0.2) is 18.2 Å². The van der Waals surface area contributed by atoms with Crippen molar-refractivity contribution in [3.8, 4) is 11.5 Å². The van der Waals surface area contributed by atoms with E-state index in [-0.39, 0.29) is 24.2 Å². The number of carboxylic acids is 1. The smallest absolute Gasteiger partial charge is 0.305 e. The number of carbonyl (C=O) groups excluding carboxylic acids is 1. The van der Waals surface area contributed by atoms with Crippen molar-refractivity contribution in [2.24, 2.45) is 11.8 Å². The Labute approximate surface area is 136 Å². The van der Waals surface area contributed by atoms with Crippen LogP contribution in [0, 0.1) is 11.8 Å². The molecule has 0 heterocycles. The molecular formula is C17H25NO5. The molecule has 6 nitrogen and oxygen atoms in total. The molecule has 0 aromatic heterocycles. The maximum atomic E-state index is 12.3. The summed E-state index contributed by atoms with van der Waals surface area (Å²) < 4.78 is 10.4. The minimum Gasteiger partial charge on any atom is -0.493 e. The minimum atomic E-state index is -0.984. The number of amides is 1. The summed E-state index contributed by atoms with van der Waals surface area (Å²) in [5, 5.41) is 11.9. The lowest BCUT2D eigenvalue weighted by Crippen LogP contribution is -2.35. The maximum absolute atomic E-state index is 12.3. The molecule has 0 aliphatic rings. The van der Waals surface area contributed by atoms with Gasteiger partial charge in [-0.15, -0.1) is 0 Å². The Balaban J connectivity index is 3.06. The molecule has 1 amide bonds. The predicted molar refractivity (Wildman–Crippen MR) is 86.7 cm³/mol. The van der Waals surface area contributed by atoms with Crippen LogP contribution in [-0.2, 0) is 9.59 Å². The molecule has 1 aromatic carbocycles. The van der Waals surface area contributed by atoms with Gasteiger partial charge < -0.3 is 19.9 Å². The van der Waals surface area contributed by atoms with Gasteiger partial charge in [-0.05, 0) is 23.6 Å². The molecule has 0 spiro atoms. The van der Waals surface area contributed by atoms with Crippen LogP contribution < -0.4 is 14.8 Å². The Morgan fingerprint density at radius 1 is 1.13 bits per heavy atom. The molecule has 1 rings (SSSR count). The van der Waals surface area contributed by atoms with E-state index in [4.69, 9.17) is 14.6 Å². The Bertz CT molecular complexity index is 556. The lowest BCUT2D eigenvalue weighted by molar-refractivity contribution is -0.138. The van der Waals surface area contributed by atoms with Gasteiger partial charge in [-0.2, -0.15) is 0 Å². The molecule has 2 atom stereocenters. The number of hydrogen-bond acceptors (Lipinski definition) is 4. The first-order chi connectivity index (χ1) is 10.8. The zero-order valence-electron chi connectivity index (χ0n) is 14.3. The number of ether oxygens (including phenoxy) is 2. The molecule has 2 unspecified atom stereocenters. The highest BCUT2D eigenvalue weighted by molar-refractivity contribution is 5.80. The highest BCUT2D eigenvalue weighted by Crippen LogP contribution is 2.31. The summed E-state index contributed by atoms with van der Waals surface area (Å²) in [6.07, 6.45) is -0.202. The first-order valence-corrected chi connectivity index (χ1v) is 7.54. The van der Waals surface area contributed by atoms with Gasteiger partial charge in [-0.25, -0.2) is 0 Å². The highest BCUT2D eigenvalue weighted by atomic mass is 16.5. The van der Waals surface area contributed by atoms with Crippen molar-refractivity contribution < 1.29 is 24.2 Å². The average Bonchev–Trinajstić information content (AvgIpc) is 2.51. The zero-order chi connectivity index (χ0) is 17.6. The van der Waals surface area contributed by atoms with Gasteiger partial charge in [0.1, 0.15) is 0 Å². The van der Waals surface area contributed by atoms with E-state index in [0.29, 0.717) is 17.1 Å². The van der Waals surface area contributed by atoms with Crippen LogP contribution in [0.25, 0.3) is 0 Å². The summed E-state index contributed by atoms with van der Waals surface area (Å²) in [7, 11) is 3.03. The molecule has 0 aliphatic heterocycles. The lowest BCUT2D eigenvalue weighted by Gasteiger charge is -2.22. The normalized spacial score (nSPS) is 13.3. The fourth-order valence-corrected chi connectivity index (χ4v) is 2.10. The molecule has 0 aliphatic carbocycles. The van der Waals surface area contributed by atoms with Gasteiger partial charge in [-0.3, -0.25) is 9.59 Å². The quantitative estimate of drug-likeness (QED) is 0.768. The van der Waals surface area contributed by atoms with Crippen LogP contribution in [0.5, 0.6) is 11.5 Å². The number of hydrogen-bond donors (Lipinski definition) is 2.